The van der Waals surface area contributed by atoms with Gasteiger partial charge in [-0.1, -0.05) is 19.4 Å². The van der Waals surface area contributed by atoms with Gasteiger partial charge in [-0.2, -0.15) is 0 Å². The number of rotatable bonds is 5. The van der Waals surface area contributed by atoms with Crippen molar-refractivity contribution in [2.45, 2.75) is 32.7 Å². The maximum atomic E-state index is 11.9. The first-order valence-electron chi connectivity index (χ1n) is 6.88. The third-order valence-corrected chi connectivity index (χ3v) is 3.51. The van der Waals surface area contributed by atoms with Crippen molar-refractivity contribution in [3.8, 4) is 0 Å². The lowest BCUT2D eigenvalue weighted by Crippen LogP contribution is -2.31. The molecule has 20 heavy (non-hydrogen) atoms. The van der Waals surface area contributed by atoms with E-state index in [-0.39, 0.29) is 11.6 Å². The molecule has 108 valence electrons. The molecule has 0 saturated carbocycles. The van der Waals surface area contributed by atoms with Gasteiger partial charge in [-0.15, -0.1) is 0 Å². The number of aromatic nitrogens is 1. The average molecular weight is 276 g/mol. The standard InChI is InChI=1S/C14H20N4O2/c1-2-4-10-7-13(19)18(8-10)9-11-5-3-6-12(16-11)14(20)17-15/h3,5-6,10H,2,4,7-9,15H2,1H3,(H,17,20). The first kappa shape index (κ1) is 14.5. The Morgan fingerprint density at radius 1 is 1.55 bits per heavy atom. The number of hydrogen-bond acceptors (Lipinski definition) is 4. The molecule has 2 rings (SSSR count). The maximum Gasteiger partial charge on any atom is 0.283 e. The Kier molecular flexibility index (Phi) is 4.68. The van der Waals surface area contributed by atoms with Crippen LogP contribution in [0.3, 0.4) is 0 Å². The number of carbonyl (C=O) groups is 2. The predicted molar refractivity (Wildman–Crippen MR) is 74.3 cm³/mol. The van der Waals surface area contributed by atoms with Crippen molar-refractivity contribution in [3.05, 3.63) is 29.6 Å². The van der Waals surface area contributed by atoms with Gasteiger partial charge in [0, 0.05) is 13.0 Å². The van der Waals surface area contributed by atoms with Crippen LogP contribution in [0, 0.1) is 5.92 Å². The summed E-state index contributed by atoms with van der Waals surface area (Å²) in [6.07, 6.45) is 2.79. The monoisotopic (exact) mass is 276 g/mol. The summed E-state index contributed by atoms with van der Waals surface area (Å²) < 4.78 is 0. The minimum atomic E-state index is -0.427. The van der Waals surface area contributed by atoms with Crippen LogP contribution in [-0.4, -0.2) is 28.2 Å². The van der Waals surface area contributed by atoms with Gasteiger partial charge in [-0.25, -0.2) is 10.8 Å². The lowest BCUT2D eigenvalue weighted by molar-refractivity contribution is -0.128. The van der Waals surface area contributed by atoms with E-state index in [4.69, 9.17) is 5.84 Å². The number of hydrogen-bond donors (Lipinski definition) is 2. The fraction of sp³-hybridized carbons (Fsp3) is 0.500. The minimum Gasteiger partial charge on any atom is -0.336 e. The molecule has 2 amide bonds. The fourth-order valence-corrected chi connectivity index (χ4v) is 2.57. The maximum absolute atomic E-state index is 11.9. The van der Waals surface area contributed by atoms with Crippen molar-refractivity contribution in [2.75, 3.05) is 6.54 Å². The summed E-state index contributed by atoms with van der Waals surface area (Å²) in [5.74, 6) is 5.27. The summed E-state index contributed by atoms with van der Waals surface area (Å²) in [4.78, 5) is 29.4. The first-order valence-corrected chi connectivity index (χ1v) is 6.88. The smallest absolute Gasteiger partial charge is 0.283 e. The number of likely N-dealkylation sites (tertiary alicyclic amines) is 1. The van der Waals surface area contributed by atoms with Crippen molar-refractivity contribution in [1.82, 2.24) is 15.3 Å². The van der Waals surface area contributed by atoms with E-state index in [0.29, 0.717) is 24.6 Å². The molecule has 1 aliphatic rings. The molecule has 1 unspecified atom stereocenters. The van der Waals surface area contributed by atoms with Crippen LogP contribution in [0.25, 0.3) is 0 Å². The normalized spacial score (nSPS) is 18.4. The van der Waals surface area contributed by atoms with Crippen LogP contribution in [0.1, 0.15) is 42.4 Å². The molecule has 0 aliphatic carbocycles. The second-order valence-corrected chi connectivity index (χ2v) is 5.12. The molecular weight excluding hydrogens is 256 g/mol. The molecule has 0 spiro atoms. The van der Waals surface area contributed by atoms with E-state index in [2.05, 4.69) is 17.3 Å². The molecule has 0 aromatic carbocycles. The Morgan fingerprint density at radius 3 is 3.05 bits per heavy atom. The number of nitrogen functional groups attached to an aromatic ring is 1. The summed E-state index contributed by atoms with van der Waals surface area (Å²) in [6, 6.07) is 5.15. The highest BCUT2D eigenvalue weighted by atomic mass is 16.2. The van der Waals surface area contributed by atoms with Gasteiger partial charge in [0.15, 0.2) is 0 Å². The van der Waals surface area contributed by atoms with Crippen molar-refractivity contribution in [3.63, 3.8) is 0 Å². The van der Waals surface area contributed by atoms with Gasteiger partial charge >= 0.3 is 0 Å². The second kappa shape index (κ2) is 6.47. The molecular formula is C14H20N4O2. The molecule has 1 atom stereocenters. The van der Waals surface area contributed by atoms with Gasteiger partial charge in [0.1, 0.15) is 5.69 Å². The molecule has 1 aromatic heterocycles. The van der Waals surface area contributed by atoms with Gasteiger partial charge < -0.3 is 4.90 Å². The van der Waals surface area contributed by atoms with Gasteiger partial charge in [0.05, 0.1) is 12.2 Å². The molecule has 2 heterocycles. The number of nitrogens with one attached hydrogen (secondary N) is 1. The molecule has 1 aliphatic heterocycles. The second-order valence-electron chi connectivity index (χ2n) is 5.12. The van der Waals surface area contributed by atoms with Crippen LogP contribution in [0.15, 0.2) is 18.2 Å². The van der Waals surface area contributed by atoms with Crippen molar-refractivity contribution in [1.29, 1.82) is 0 Å². The molecule has 6 nitrogen and oxygen atoms in total. The molecule has 1 saturated heterocycles. The zero-order valence-electron chi connectivity index (χ0n) is 11.6. The van der Waals surface area contributed by atoms with E-state index in [9.17, 15) is 9.59 Å². The van der Waals surface area contributed by atoms with Crippen LogP contribution in [0.5, 0.6) is 0 Å². The molecule has 1 fully saturated rings. The molecule has 6 heteroatoms. The Bertz CT molecular complexity index is 504. The lowest BCUT2D eigenvalue weighted by Gasteiger charge is -2.16. The van der Waals surface area contributed by atoms with Crippen LogP contribution in [-0.2, 0) is 11.3 Å². The highest BCUT2D eigenvalue weighted by molar-refractivity contribution is 5.91. The Hall–Kier alpha value is -1.95. The molecule has 0 radical (unpaired) electrons. The Morgan fingerprint density at radius 2 is 2.35 bits per heavy atom. The van der Waals surface area contributed by atoms with E-state index in [1.165, 1.54) is 0 Å². The van der Waals surface area contributed by atoms with Gasteiger partial charge in [-0.3, -0.25) is 15.0 Å². The zero-order valence-corrected chi connectivity index (χ0v) is 11.6. The number of nitrogens with zero attached hydrogens (tertiary/aromatic N) is 2. The zero-order chi connectivity index (χ0) is 14.5. The highest BCUT2D eigenvalue weighted by Crippen LogP contribution is 2.23. The summed E-state index contributed by atoms with van der Waals surface area (Å²) in [5.41, 5.74) is 3.02. The molecule has 3 N–H and O–H groups in total. The summed E-state index contributed by atoms with van der Waals surface area (Å²) >= 11 is 0. The van der Waals surface area contributed by atoms with Gasteiger partial charge in [0.25, 0.3) is 5.91 Å². The summed E-state index contributed by atoms with van der Waals surface area (Å²) in [5, 5.41) is 0. The number of hydrazine groups is 1. The molecule has 1 aromatic rings. The number of amides is 2. The van der Waals surface area contributed by atoms with Crippen LogP contribution in [0.2, 0.25) is 0 Å². The number of carbonyl (C=O) groups excluding carboxylic acids is 2. The van der Waals surface area contributed by atoms with E-state index < -0.39 is 5.91 Å². The SMILES string of the molecule is CCCC1CC(=O)N(Cc2cccc(C(=O)NN)n2)C1. The van der Waals surface area contributed by atoms with Crippen LogP contribution >= 0.6 is 0 Å². The summed E-state index contributed by atoms with van der Waals surface area (Å²) in [7, 11) is 0. The van der Waals surface area contributed by atoms with Crippen LogP contribution in [0.4, 0.5) is 0 Å². The van der Waals surface area contributed by atoms with Gasteiger partial charge in [-0.05, 0) is 24.5 Å². The number of nitrogens with two attached hydrogens (primary N) is 1. The number of pyridine rings is 1. The fourth-order valence-electron chi connectivity index (χ4n) is 2.57. The quantitative estimate of drug-likeness (QED) is 0.474. The third kappa shape index (κ3) is 3.33. The predicted octanol–water partition coefficient (Wildman–Crippen LogP) is 0.834. The Labute approximate surface area is 118 Å². The van der Waals surface area contributed by atoms with E-state index in [1.807, 2.05) is 11.0 Å². The lowest BCUT2D eigenvalue weighted by atomic mass is 10.0. The largest absolute Gasteiger partial charge is 0.336 e. The first-order chi connectivity index (χ1) is 9.63. The average Bonchev–Trinajstić information content (AvgIpc) is 2.79. The van der Waals surface area contributed by atoms with Crippen molar-refractivity contribution < 1.29 is 9.59 Å². The Balaban J connectivity index is 2.03. The van der Waals surface area contributed by atoms with E-state index in [1.54, 1.807) is 12.1 Å². The van der Waals surface area contributed by atoms with E-state index in [0.717, 1.165) is 19.4 Å². The van der Waals surface area contributed by atoms with Gasteiger partial charge in [0.2, 0.25) is 5.91 Å². The van der Waals surface area contributed by atoms with Crippen molar-refractivity contribution >= 4 is 11.8 Å². The highest BCUT2D eigenvalue weighted by Gasteiger charge is 2.29. The topological polar surface area (TPSA) is 88.3 Å². The van der Waals surface area contributed by atoms with Crippen LogP contribution < -0.4 is 11.3 Å². The summed E-state index contributed by atoms with van der Waals surface area (Å²) in [6.45, 7) is 3.36. The molecule has 0 bridgehead atoms. The van der Waals surface area contributed by atoms with Crippen molar-refractivity contribution in [2.24, 2.45) is 11.8 Å². The van der Waals surface area contributed by atoms with E-state index >= 15 is 0 Å². The third-order valence-electron chi connectivity index (χ3n) is 3.51. The minimum absolute atomic E-state index is 0.166.